The number of nitriles is 1. The molecular weight excluding hydrogens is 430 g/mol. The normalized spacial score (nSPS) is 20.0. The average Bonchev–Trinajstić information content (AvgIpc) is 3.44. The zero-order valence-electron chi connectivity index (χ0n) is 19.3. The Bertz CT molecular complexity index is 1250. The van der Waals surface area contributed by atoms with Gasteiger partial charge in [-0.25, -0.2) is 0 Å². The monoisotopic (exact) mass is 457 g/mol. The molecule has 0 amide bonds. The maximum atomic E-state index is 11.0. The molecule has 0 radical (unpaired) electrons. The number of hydrogen-bond acceptors (Lipinski definition) is 6. The Morgan fingerprint density at radius 1 is 0.941 bits per heavy atom. The van der Waals surface area contributed by atoms with Gasteiger partial charge in [0.15, 0.2) is 11.5 Å². The highest BCUT2D eigenvalue weighted by Gasteiger charge is 2.43. The van der Waals surface area contributed by atoms with Crippen molar-refractivity contribution in [3.05, 3.63) is 76.9 Å². The van der Waals surface area contributed by atoms with Gasteiger partial charge in [0.2, 0.25) is 6.79 Å². The smallest absolute Gasteiger partial charge is 0.231 e. The number of methoxy groups -OCH3 is 1. The number of fused-ring (bicyclic) bond motifs is 2. The van der Waals surface area contributed by atoms with Gasteiger partial charge in [-0.1, -0.05) is 25.1 Å². The highest BCUT2D eigenvalue weighted by Crippen LogP contribution is 2.56. The van der Waals surface area contributed by atoms with Gasteiger partial charge in [-0.05, 0) is 59.4 Å². The molecule has 2 aliphatic rings. The van der Waals surface area contributed by atoms with Crippen molar-refractivity contribution in [3.8, 4) is 34.8 Å². The fourth-order valence-corrected chi connectivity index (χ4v) is 5.25. The molecule has 1 N–H and O–H groups in total. The van der Waals surface area contributed by atoms with E-state index in [4.69, 9.17) is 18.9 Å². The van der Waals surface area contributed by atoms with Crippen LogP contribution < -0.4 is 18.9 Å². The SMILES string of the molecule is CCCOc1ccc2c(c1)C(c1ccc(OC)cc1O)C(CC#N)C2c1ccc2c(c1)OCO2. The molecule has 0 saturated heterocycles. The largest absolute Gasteiger partial charge is 0.508 e. The molecule has 174 valence electrons. The van der Waals surface area contributed by atoms with Crippen molar-refractivity contribution in [1.82, 2.24) is 0 Å². The second kappa shape index (κ2) is 9.18. The summed E-state index contributed by atoms with van der Waals surface area (Å²) in [7, 11) is 1.57. The minimum atomic E-state index is -0.179. The Kier molecular flexibility index (Phi) is 5.93. The van der Waals surface area contributed by atoms with E-state index >= 15 is 0 Å². The quantitative estimate of drug-likeness (QED) is 0.488. The van der Waals surface area contributed by atoms with Gasteiger partial charge in [0.1, 0.15) is 17.2 Å². The van der Waals surface area contributed by atoms with E-state index in [2.05, 4.69) is 25.1 Å². The average molecular weight is 458 g/mol. The number of hydrogen-bond donors (Lipinski definition) is 1. The van der Waals surface area contributed by atoms with Crippen LogP contribution in [0.15, 0.2) is 54.6 Å². The molecule has 3 aromatic carbocycles. The minimum absolute atomic E-state index is 0.0455. The first-order chi connectivity index (χ1) is 16.6. The summed E-state index contributed by atoms with van der Waals surface area (Å²) in [6.07, 6.45) is 1.24. The van der Waals surface area contributed by atoms with Crippen molar-refractivity contribution in [3.63, 3.8) is 0 Å². The molecule has 1 heterocycles. The van der Waals surface area contributed by atoms with Crippen LogP contribution in [0.1, 0.15) is 53.9 Å². The summed E-state index contributed by atoms with van der Waals surface area (Å²) in [5.74, 6) is 2.67. The van der Waals surface area contributed by atoms with E-state index in [1.54, 1.807) is 13.2 Å². The van der Waals surface area contributed by atoms with Crippen LogP contribution in [-0.2, 0) is 0 Å². The first-order valence-electron chi connectivity index (χ1n) is 11.5. The van der Waals surface area contributed by atoms with Crippen LogP contribution >= 0.6 is 0 Å². The van der Waals surface area contributed by atoms with Crippen molar-refractivity contribution in [2.75, 3.05) is 20.5 Å². The molecule has 0 saturated carbocycles. The lowest BCUT2D eigenvalue weighted by Gasteiger charge is -2.25. The van der Waals surface area contributed by atoms with Crippen molar-refractivity contribution >= 4 is 0 Å². The maximum Gasteiger partial charge on any atom is 0.231 e. The van der Waals surface area contributed by atoms with E-state index in [-0.39, 0.29) is 30.3 Å². The van der Waals surface area contributed by atoms with Gasteiger partial charge in [-0.15, -0.1) is 0 Å². The van der Waals surface area contributed by atoms with Crippen LogP contribution in [-0.4, -0.2) is 25.6 Å². The number of ether oxygens (including phenoxy) is 4. The number of benzene rings is 3. The summed E-state index contributed by atoms with van der Waals surface area (Å²) in [4.78, 5) is 0. The van der Waals surface area contributed by atoms with Crippen LogP contribution in [0.3, 0.4) is 0 Å². The van der Waals surface area contributed by atoms with Crippen molar-refractivity contribution < 1.29 is 24.1 Å². The number of aromatic hydroxyl groups is 1. The molecule has 5 rings (SSSR count). The Hall–Kier alpha value is -3.85. The van der Waals surface area contributed by atoms with Crippen LogP contribution in [0.4, 0.5) is 0 Å². The summed E-state index contributed by atoms with van der Waals surface area (Å²) in [6.45, 7) is 2.91. The van der Waals surface area contributed by atoms with E-state index in [0.717, 1.165) is 40.2 Å². The molecule has 1 aliphatic heterocycles. The number of phenols is 1. The van der Waals surface area contributed by atoms with Crippen molar-refractivity contribution in [1.29, 1.82) is 5.26 Å². The first kappa shape index (κ1) is 22.0. The Morgan fingerprint density at radius 3 is 2.50 bits per heavy atom. The third-order valence-electron chi connectivity index (χ3n) is 6.71. The summed E-state index contributed by atoms with van der Waals surface area (Å²) in [6, 6.07) is 19.9. The third-order valence-corrected chi connectivity index (χ3v) is 6.71. The zero-order valence-corrected chi connectivity index (χ0v) is 19.3. The molecule has 0 fully saturated rings. The molecule has 0 bridgehead atoms. The summed E-state index contributed by atoms with van der Waals surface area (Å²) < 4.78 is 22.4. The zero-order chi connectivity index (χ0) is 23.7. The Labute approximate surface area is 199 Å². The summed E-state index contributed by atoms with van der Waals surface area (Å²) in [5, 5.41) is 20.8. The highest BCUT2D eigenvalue weighted by atomic mass is 16.7. The predicted octanol–water partition coefficient (Wildman–Crippen LogP) is 5.73. The second-order valence-corrected chi connectivity index (χ2v) is 8.66. The minimum Gasteiger partial charge on any atom is -0.508 e. The molecule has 3 unspecified atom stereocenters. The van der Waals surface area contributed by atoms with E-state index in [0.29, 0.717) is 24.5 Å². The van der Waals surface area contributed by atoms with Gasteiger partial charge in [-0.2, -0.15) is 5.26 Å². The standard InChI is InChI=1S/C28H27NO5/c1-3-12-32-19-6-7-20-23(14-19)28(21-8-5-18(31-2)15-24(21)30)22(10-11-29)27(20)17-4-9-25-26(13-17)34-16-33-25/h4-9,13-15,22,27-28,30H,3,10,12,16H2,1-2H3. The molecule has 3 aromatic rings. The first-order valence-corrected chi connectivity index (χ1v) is 11.5. The number of rotatable bonds is 7. The van der Waals surface area contributed by atoms with Crippen LogP contribution in [0.5, 0.6) is 28.7 Å². The molecule has 3 atom stereocenters. The molecule has 1 aliphatic carbocycles. The molecule has 0 aromatic heterocycles. The molecular formula is C28H27NO5. The lowest BCUT2D eigenvalue weighted by Crippen LogP contribution is -2.14. The van der Waals surface area contributed by atoms with Gasteiger partial charge >= 0.3 is 0 Å². The lowest BCUT2D eigenvalue weighted by atomic mass is 9.78. The van der Waals surface area contributed by atoms with Crippen molar-refractivity contribution in [2.45, 2.75) is 31.6 Å². The van der Waals surface area contributed by atoms with Gasteiger partial charge < -0.3 is 24.1 Å². The Balaban J connectivity index is 1.67. The van der Waals surface area contributed by atoms with Gasteiger partial charge in [0.25, 0.3) is 0 Å². The fraction of sp³-hybridized carbons (Fsp3) is 0.321. The molecule has 34 heavy (non-hydrogen) atoms. The summed E-state index contributed by atoms with van der Waals surface area (Å²) >= 11 is 0. The van der Waals surface area contributed by atoms with E-state index in [1.165, 1.54) is 0 Å². The van der Waals surface area contributed by atoms with Gasteiger partial charge in [0, 0.05) is 29.9 Å². The highest BCUT2D eigenvalue weighted by molar-refractivity contribution is 5.58. The van der Waals surface area contributed by atoms with E-state index in [9.17, 15) is 10.4 Å². The maximum absolute atomic E-state index is 11.0. The Morgan fingerprint density at radius 2 is 1.74 bits per heavy atom. The van der Waals surface area contributed by atoms with Crippen LogP contribution in [0.2, 0.25) is 0 Å². The van der Waals surface area contributed by atoms with E-state index < -0.39 is 0 Å². The van der Waals surface area contributed by atoms with Gasteiger partial charge in [0.05, 0.1) is 19.8 Å². The van der Waals surface area contributed by atoms with E-state index in [1.807, 2.05) is 36.4 Å². The topological polar surface area (TPSA) is 80.9 Å². The predicted molar refractivity (Wildman–Crippen MR) is 127 cm³/mol. The van der Waals surface area contributed by atoms with Crippen LogP contribution in [0, 0.1) is 17.2 Å². The number of phenolic OH excluding ortho intramolecular Hbond substituents is 1. The van der Waals surface area contributed by atoms with Crippen LogP contribution in [0.25, 0.3) is 0 Å². The molecule has 6 nitrogen and oxygen atoms in total. The fourth-order valence-electron chi connectivity index (χ4n) is 5.25. The molecule has 6 heteroatoms. The molecule has 0 spiro atoms. The van der Waals surface area contributed by atoms with Gasteiger partial charge in [-0.3, -0.25) is 0 Å². The lowest BCUT2D eigenvalue weighted by molar-refractivity contribution is 0.174. The van der Waals surface area contributed by atoms with Crippen molar-refractivity contribution in [2.24, 2.45) is 5.92 Å². The second-order valence-electron chi connectivity index (χ2n) is 8.66. The summed E-state index contributed by atoms with van der Waals surface area (Å²) in [5.41, 5.74) is 4.03. The third kappa shape index (κ3) is 3.77. The number of nitrogens with zero attached hydrogens (tertiary/aromatic N) is 1.